The number of hydrogen-bond acceptors (Lipinski definition) is 4. The Morgan fingerprint density at radius 2 is 2.35 bits per heavy atom. The highest BCUT2D eigenvalue weighted by atomic mass is 35.5. The van der Waals surface area contributed by atoms with Gasteiger partial charge in [-0.15, -0.1) is 0 Å². The van der Waals surface area contributed by atoms with E-state index in [0.29, 0.717) is 12.2 Å². The van der Waals surface area contributed by atoms with Gasteiger partial charge in [-0.2, -0.15) is 0 Å². The highest BCUT2D eigenvalue weighted by Crippen LogP contribution is 2.34. The molecule has 2 rings (SSSR count). The van der Waals surface area contributed by atoms with Crippen molar-refractivity contribution < 1.29 is 9.72 Å². The summed E-state index contributed by atoms with van der Waals surface area (Å²) in [6.07, 6.45) is 0.234. The van der Waals surface area contributed by atoms with E-state index < -0.39 is 4.92 Å². The molecule has 1 aromatic carbocycles. The number of carbonyl (C=O) groups is 1. The average Bonchev–Trinajstić information content (AvgIpc) is 2.77. The van der Waals surface area contributed by atoms with Crippen molar-refractivity contribution >= 4 is 28.9 Å². The molecule has 0 radical (unpaired) electrons. The van der Waals surface area contributed by atoms with E-state index in [9.17, 15) is 14.9 Å². The molecule has 20 heavy (non-hydrogen) atoms. The summed E-state index contributed by atoms with van der Waals surface area (Å²) >= 11 is 6.00. The SMILES string of the molecule is [N-]=[N+]=NCC1CC(=O)N(c2cc([N+](=O)[O-])ccc2Cl)C1. The zero-order valence-electron chi connectivity index (χ0n) is 10.3. The fourth-order valence-electron chi connectivity index (χ4n) is 2.11. The number of carbonyl (C=O) groups excluding carboxylic acids is 1. The van der Waals surface area contributed by atoms with Crippen LogP contribution in [0.15, 0.2) is 23.3 Å². The van der Waals surface area contributed by atoms with Gasteiger partial charge in [0, 0.05) is 36.6 Å². The van der Waals surface area contributed by atoms with E-state index >= 15 is 0 Å². The lowest BCUT2D eigenvalue weighted by Gasteiger charge is -2.17. The van der Waals surface area contributed by atoms with Crippen LogP contribution in [-0.2, 0) is 4.79 Å². The van der Waals surface area contributed by atoms with E-state index in [1.807, 2.05) is 0 Å². The van der Waals surface area contributed by atoms with Crippen LogP contribution in [-0.4, -0.2) is 23.9 Å². The number of nitro groups is 1. The largest absolute Gasteiger partial charge is 0.310 e. The summed E-state index contributed by atoms with van der Waals surface area (Å²) in [6, 6.07) is 3.95. The molecule has 1 saturated heterocycles. The van der Waals surface area contributed by atoms with Crippen LogP contribution in [0.1, 0.15) is 6.42 Å². The van der Waals surface area contributed by atoms with Gasteiger partial charge in [0.05, 0.1) is 15.6 Å². The molecule has 1 atom stereocenters. The quantitative estimate of drug-likeness (QED) is 0.280. The summed E-state index contributed by atoms with van der Waals surface area (Å²) in [6.45, 7) is 0.546. The Morgan fingerprint density at radius 3 is 3.00 bits per heavy atom. The van der Waals surface area contributed by atoms with Crippen molar-refractivity contribution in [2.24, 2.45) is 11.0 Å². The summed E-state index contributed by atoms with van der Waals surface area (Å²) in [5.41, 5.74) is 8.47. The number of rotatable bonds is 4. The van der Waals surface area contributed by atoms with E-state index in [1.165, 1.54) is 23.1 Å². The standard InChI is InChI=1S/C11H10ClN5O3/c12-9-2-1-8(17(19)20)4-10(9)16-6-7(3-11(16)18)5-14-15-13/h1-2,4,7H,3,5-6H2. The molecule has 1 aliphatic rings. The Morgan fingerprint density at radius 1 is 1.60 bits per heavy atom. The predicted molar refractivity (Wildman–Crippen MR) is 72.6 cm³/mol. The Bertz CT molecular complexity index is 614. The maximum Gasteiger partial charge on any atom is 0.271 e. The zero-order chi connectivity index (χ0) is 14.7. The van der Waals surface area contributed by atoms with Crippen molar-refractivity contribution in [3.63, 3.8) is 0 Å². The van der Waals surface area contributed by atoms with Crippen LogP contribution in [0.3, 0.4) is 0 Å². The van der Waals surface area contributed by atoms with Gasteiger partial charge in [0.15, 0.2) is 0 Å². The van der Waals surface area contributed by atoms with Gasteiger partial charge in [0.1, 0.15) is 0 Å². The first-order chi connectivity index (χ1) is 9.52. The summed E-state index contributed by atoms with van der Waals surface area (Å²) in [5.74, 6) is -0.292. The third-order valence-electron chi connectivity index (χ3n) is 3.04. The lowest BCUT2D eigenvalue weighted by Crippen LogP contribution is -2.25. The van der Waals surface area contributed by atoms with E-state index in [4.69, 9.17) is 17.1 Å². The van der Waals surface area contributed by atoms with Crippen molar-refractivity contribution in [1.82, 2.24) is 0 Å². The summed E-state index contributed by atoms with van der Waals surface area (Å²) in [4.78, 5) is 26.2. The van der Waals surface area contributed by atoms with Crippen LogP contribution in [0.25, 0.3) is 10.4 Å². The van der Waals surface area contributed by atoms with E-state index in [1.54, 1.807) is 0 Å². The molecular formula is C11H10ClN5O3. The van der Waals surface area contributed by atoms with Crippen LogP contribution in [0.2, 0.25) is 5.02 Å². The molecule has 1 aliphatic heterocycles. The molecule has 104 valence electrons. The smallest absolute Gasteiger partial charge is 0.271 e. The fraction of sp³-hybridized carbons (Fsp3) is 0.364. The molecule has 8 nitrogen and oxygen atoms in total. The molecule has 1 heterocycles. The maximum absolute atomic E-state index is 11.9. The second kappa shape index (κ2) is 5.77. The Hall–Kier alpha value is -2.31. The number of hydrogen-bond donors (Lipinski definition) is 0. The number of nitrogens with zero attached hydrogens (tertiary/aromatic N) is 5. The third-order valence-corrected chi connectivity index (χ3v) is 3.36. The number of amides is 1. The maximum atomic E-state index is 11.9. The highest BCUT2D eigenvalue weighted by molar-refractivity contribution is 6.34. The number of anilines is 1. The van der Waals surface area contributed by atoms with Crippen LogP contribution in [0.5, 0.6) is 0 Å². The molecule has 0 spiro atoms. The van der Waals surface area contributed by atoms with Gasteiger partial charge >= 0.3 is 0 Å². The van der Waals surface area contributed by atoms with Crippen LogP contribution in [0, 0.1) is 16.0 Å². The van der Waals surface area contributed by atoms with Crippen molar-refractivity contribution in [3.05, 3.63) is 43.8 Å². The van der Waals surface area contributed by atoms with E-state index in [2.05, 4.69) is 10.0 Å². The summed E-state index contributed by atoms with van der Waals surface area (Å²) in [5, 5.41) is 14.5. The number of azide groups is 1. The van der Waals surface area contributed by atoms with Crippen molar-refractivity contribution in [3.8, 4) is 0 Å². The normalized spacial score (nSPS) is 17.9. The molecule has 1 aromatic rings. The molecule has 0 aliphatic carbocycles. The topological polar surface area (TPSA) is 112 Å². The van der Waals surface area contributed by atoms with Gasteiger partial charge in [0.25, 0.3) is 5.69 Å². The first-order valence-corrected chi connectivity index (χ1v) is 6.16. The number of non-ortho nitro benzene ring substituents is 1. The highest BCUT2D eigenvalue weighted by Gasteiger charge is 2.32. The minimum atomic E-state index is -0.544. The first kappa shape index (κ1) is 14.1. The predicted octanol–water partition coefficient (Wildman–Crippen LogP) is 2.91. The molecule has 1 fully saturated rings. The second-order valence-electron chi connectivity index (χ2n) is 4.38. The second-order valence-corrected chi connectivity index (χ2v) is 4.79. The number of nitro benzene ring substituents is 1. The average molecular weight is 296 g/mol. The molecular weight excluding hydrogens is 286 g/mol. The monoisotopic (exact) mass is 295 g/mol. The molecule has 1 unspecified atom stereocenters. The molecule has 0 aromatic heterocycles. The fourth-order valence-corrected chi connectivity index (χ4v) is 2.33. The molecule has 0 saturated carbocycles. The lowest BCUT2D eigenvalue weighted by molar-refractivity contribution is -0.384. The number of benzene rings is 1. The van der Waals surface area contributed by atoms with Gasteiger partial charge < -0.3 is 4.90 Å². The van der Waals surface area contributed by atoms with Crippen LogP contribution >= 0.6 is 11.6 Å². The molecule has 0 N–H and O–H groups in total. The molecule has 0 bridgehead atoms. The van der Waals surface area contributed by atoms with Crippen molar-refractivity contribution in [2.45, 2.75) is 6.42 Å². The number of halogens is 1. The minimum absolute atomic E-state index is 0.103. The van der Waals surface area contributed by atoms with Gasteiger partial charge in [-0.3, -0.25) is 14.9 Å². The van der Waals surface area contributed by atoms with Crippen LogP contribution in [0.4, 0.5) is 11.4 Å². The molecule has 9 heteroatoms. The zero-order valence-corrected chi connectivity index (χ0v) is 11.0. The van der Waals surface area contributed by atoms with Crippen LogP contribution < -0.4 is 4.90 Å². The van der Waals surface area contributed by atoms with Gasteiger partial charge in [0.2, 0.25) is 5.91 Å². The first-order valence-electron chi connectivity index (χ1n) is 5.78. The Kier molecular flexibility index (Phi) is 4.07. The van der Waals surface area contributed by atoms with E-state index in [-0.39, 0.29) is 35.5 Å². The van der Waals surface area contributed by atoms with Gasteiger partial charge in [-0.1, -0.05) is 16.7 Å². The van der Waals surface area contributed by atoms with Gasteiger partial charge in [-0.05, 0) is 17.5 Å². The summed E-state index contributed by atoms with van der Waals surface area (Å²) < 4.78 is 0. The minimum Gasteiger partial charge on any atom is -0.310 e. The lowest BCUT2D eigenvalue weighted by atomic mass is 10.1. The Labute approximate surface area is 118 Å². The van der Waals surface area contributed by atoms with Crippen molar-refractivity contribution in [1.29, 1.82) is 0 Å². The Balaban J connectivity index is 2.27. The van der Waals surface area contributed by atoms with Crippen molar-refractivity contribution in [2.75, 3.05) is 18.0 Å². The molecule has 1 amide bonds. The van der Waals surface area contributed by atoms with E-state index in [0.717, 1.165) is 0 Å². The summed E-state index contributed by atoms with van der Waals surface area (Å²) in [7, 11) is 0. The van der Waals surface area contributed by atoms with Gasteiger partial charge in [-0.25, -0.2) is 0 Å². The third kappa shape index (κ3) is 2.81.